The van der Waals surface area contributed by atoms with Crippen LogP contribution in [0.25, 0.3) is 0 Å². The smallest absolute Gasteiger partial charge is 0.189 e. The van der Waals surface area contributed by atoms with Crippen molar-refractivity contribution in [3.05, 3.63) is 41.2 Å². The maximum absolute atomic E-state index is 13.2. The lowest BCUT2D eigenvalue weighted by molar-refractivity contribution is 0.628. The van der Waals surface area contributed by atoms with Crippen LogP contribution in [0.4, 0.5) is 15.2 Å². The summed E-state index contributed by atoms with van der Waals surface area (Å²) in [5, 5.41) is 6.12. The highest BCUT2D eigenvalue weighted by Gasteiger charge is 2.09. The zero-order chi connectivity index (χ0) is 13.0. The van der Waals surface area contributed by atoms with Gasteiger partial charge in [0.1, 0.15) is 5.82 Å². The number of aromatic nitrogens is 1. The van der Waals surface area contributed by atoms with Crippen LogP contribution in [0.5, 0.6) is 0 Å². The highest BCUT2D eigenvalue weighted by atomic mass is 32.1. The van der Waals surface area contributed by atoms with Crippen molar-refractivity contribution < 1.29 is 4.39 Å². The van der Waals surface area contributed by atoms with Gasteiger partial charge < -0.3 is 10.2 Å². The molecule has 96 valence electrons. The Morgan fingerprint density at radius 1 is 1.44 bits per heavy atom. The summed E-state index contributed by atoms with van der Waals surface area (Å²) in [7, 11) is 1.89. The molecule has 3 nitrogen and oxygen atoms in total. The monoisotopic (exact) mass is 265 g/mol. The average molecular weight is 265 g/mol. The molecule has 5 heteroatoms. The lowest BCUT2D eigenvalue weighted by Gasteiger charge is -2.15. The normalized spacial score (nSPS) is 10.6. The van der Waals surface area contributed by atoms with Gasteiger partial charge in [0.15, 0.2) is 5.13 Å². The maximum atomic E-state index is 13.2. The van der Waals surface area contributed by atoms with Crippen molar-refractivity contribution in [3.8, 4) is 0 Å². The molecule has 0 fully saturated rings. The summed E-state index contributed by atoms with van der Waals surface area (Å²) in [6, 6.07) is 6.52. The van der Waals surface area contributed by atoms with Gasteiger partial charge in [0.25, 0.3) is 0 Å². The fraction of sp³-hybridized carbons (Fsp3) is 0.308. The third-order valence-corrected chi connectivity index (χ3v) is 3.54. The van der Waals surface area contributed by atoms with Gasteiger partial charge >= 0.3 is 0 Å². The van der Waals surface area contributed by atoms with Crippen molar-refractivity contribution >= 4 is 22.2 Å². The first-order chi connectivity index (χ1) is 8.70. The number of thiazole rings is 1. The second kappa shape index (κ2) is 5.93. The second-order valence-electron chi connectivity index (χ2n) is 3.94. The molecule has 0 aliphatic carbocycles. The van der Waals surface area contributed by atoms with Gasteiger partial charge in [0.2, 0.25) is 0 Å². The highest BCUT2D eigenvalue weighted by Crippen LogP contribution is 2.27. The summed E-state index contributed by atoms with van der Waals surface area (Å²) in [6.07, 6.45) is 0. The van der Waals surface area contributed by atoms with E-state index >= 15 is 0 Å². The number of hydrogen-bond acceptors (Lipinski definition) is 4. The molecule has 1 aromatic carbocycles. The Morgan fingerprint density at radius 2 is 2.28 bits per heavy atom. The van der Waals surface area contributed by atoms with Crippen LogP contribution in [0.3, 0.4) is 0 Å². The molecule has 1 N–H and O–H groups in total. The van der Waals surface area contributed by atoms with Crippen LogP contribution in [0.1, 0.15) is 12.6 Å². The molecular weight excluding hydrogens is 249 g/mol. The van der Waals surface area contributed by atoms with E-state index in [-0.39, 0.29) is 5.82 Å². The first-order valence-electron chi connectivity index (χ1n) is 5.85. The molecule has 0 aliphatic heterocycles. The van der Waals surface area contributed by atoms with Crippen molar-refractivity contribution in [2.75, 3.05) is 18.5 Å². The molecule has 18 heavy (non-hydrogen) atoms. The number of hydrogen-bond donors (Lipinski definition) is 1. The highest BCUT2D eigenvalue weighted by molar-refractivity contribution is 7.13. The topological polar surface area (TPSA) is 28.2 Å². The van der Waals surface area contributed by atoms with E-state index in [1.807, 2.05) is 23.4 Å². The first kappa shape index (κ1) is 13.0. The van der Waals surface area contributed by atoms with E-state index in [0.29, 0.717) is 0 Å². The second-order valence-corrected chi connectivity index (χ2v) is 4.78. The molecule has 0 saturated carbocycles. The van der Waals surface area contributed by atoms with Gasteiger partial charge in [-0.1, -0.05) is 13.0 Å². The number of benzene rings is 1. The van der Waals surface area contributed by atoms with Crippen molar-refractivity contribution in [2.45, 2.75) is 13.5 Å². The number of anilines is 2. The Morgan fingerprint density at radius 3 is 3.00 bits per heavy atom. The van der Waals surface area contributed by atoms with Gasteiger partial charge in [-0.25, -0.2) is 9.37 Å². The summed E-state index contributed by atoms with van der Waals surface area (Å²) >= 11 is 1.56. The Balaban J connectivity index is 2.13. The van der Waals surface area contributed by atoms with Gasteiger partial charge in [-0.05, 0) is 24.7 Å². The van der Waals surface area contributed by atoms with Crippen molar-refractivity contribution in [2.24, 2.45) is 0 Å². The van der Waals surface area contributed by atoms with E-state index in [1.54, 1.807) is 17.4 Å². The third kappa shape index (κ3) is 3.05. The maximum Gasteiger partial charge on any atom is 0.189 e. The molecule has 0 bridgehead atoms. The average Bonchev–Trinajstić information content (AvgIpc) is 2.84. The van der Waals surface area contributed by atoms with E-state index in [1.165, 1.54) is 12.1 Å². The van der Waals surface area contributed by atoms with Crippen molar-refractivity contribution in [3.63, 3.8) is 0 Å². The van der Waals surface area contributed by atoms with Crippen LogP contribution >= 0.6 is 11.3 Å². The van der Waals surface area contributed by atoms with Gasteiger partial charge in [-0.15, -0.1) is 11.3 Å². The van der Waals surface area contributed by atoms with E-state index in [9.17, 15) is 4.39 Å². The molecule has 2 aromatic rings. The Bertz CT molecular complexity index is 512. The Labute approximate surface area is 110 Å². The zero-order valence-electron chi connectivity index (χ0n) is 10.5. The molecule has 0 amide bonds. The first-order valence-corrected chi connectivity index (χ1v) is 6.73. The van der Waals surface area contributed by atoms with Gasteiger partial charge in [-0.3, -0.25) is 0 Å². The number of halogens is 1. The largest absolute Gasteiger partial charge is 0.321 e. The third-order valence-electron chi connectivity index (χ3n) is 2.58. The van der Waals surface area contributed by atoms with E-state index in [4.69, 9.17) is 0 Å². The van der Waals surface area contributed by atoms with E-state index in [0.717, 1.165) is 29.6 Å². The molecule has 0 saturated heterocycles. The minimum atomic E-state index is -0.233. The molecule has 0 spiro atoms. The van der Waals surface area contributed by atoms with Crippen LogP contribution in [0, 0.1) is 5.82 Å². The van der Waals surface area contributed by atoms with Gasteiger partial charge in [0.05, 0.1) is 5.69 Å². The number of nitrogens with zero attached hydrogens (tertiary/aromatic N) is 2. The van der Waals surface area contributed by atoms with Crippen LogP contribution in [-0.4, -0.2) is 18.6 Å². The molecule has 1 heterocycles. The van der Waals surface area contributed by atoms with Crippen molar-refractivity contribution in [1.82, 2.24) is 10.3 Å². The lowest BCUT2D eigenvalue weighted by Crippen LogP contribution is -2.13. The predicted molar refractivity (Wildman–Crippen MR) is 74.0 cm³/mol. The molecule has 0 radical (unpaired) electrons. The van der Waals surface area contributed by atoms with Gasteiger partial charge in [0, 0.05) is 24.7 Å². The van der Waals surface area contributed by atoms with Crippen LogP contribution in [-0.2, 0) is 6.54 Å². The van der Waals surface area contributed by atoms with Crippen LogP contribution < -0.4 is 10.2 Å². The Hall–Kier alpha value is -1.46. The lowest BCUT2D eigenvalue weighted by atomic mass is 10.3. The quantitative estimate of drug-likeness (QED) is 0.900. The molecule has 1 aromatic heterocycles. The van der Waals surface area contributed by atoms with E-state index < -0.39 is 0 Å². The number of nitrogens with one attached hydrogen (secondary N) is 1. The SMILES string of the molecule is CCNCc1csc(N(C)c2cccc(F)c2)n1. The molecule has 2 rings (SSSR count). The van der Waals surface area contributed by atoms with Crippen molar-refractivity contribution in [1.29, 1.82) is 0 Å². The van der Waals surface area contributed by atoms with Crippen LogP contribution in [0.15, 0.2) is 29.6 Å². The minimum absolute atomic E-state index is 0.233. The van der Waals surface area contributed by atoms with Gasteiger partial charge in [-0.2, -0.15) is 0 Å². The standard InChI is InChI=1S/C13H16FN3S/c1-3-15-8-11-9-18-13(16-11)17(2)12-6-4-5-10(14)7-12/h4-7,9,15H,3,8H2,1-2H3. The fourth-order valence-corrected chi connectivity index (χ4v) is 2.39. The summed E-state index contributed by atoms with van der Waals surface area (Å²) < 4.78 is 13.2. The predicted octanol–water partition coefficient (Wildman–Crippen LogP) is 3.16. The summed E-state index contributed by atoms with van der Waals surface area (Å²) in [4.78, 5) is 6.41. The molecule has 0 unspecified atom stereocenters. The Kier molecular flexibility index (Phi) is 4.28. The zero-order valence-corrected chi connectivity index (χ0v) is 11.3. The van der Waals surface area contributed by atoms with Crippen LogP contribution in [0.2, 0.25) is 0 Å². The molecule has 0 aliphatic rings. The summed E-state index contributed by atoms with van der Waals surface area (Å²) in [6.45, 7) is 3.75. The number of rotatable bonds is 5. The molecule has 0 atom stereocenters. The summed E-state index contributed by atoms with van der Waals surface area (Å²) in [5.41, 5.74) is 1.82. The molecular formula is C13H16FN3S. The van der Waals surface area contributed by atoms with E-state index in [2.05, 4.69) is 17.2 Å². The summed E-state index contributed by atoms with van der Waals surface area (Å²) in [5.74, 6) is -0.233. The minimum Gasteiger partial charge on any atom is -0.321 e. The fourth-order valence-electron chi connectivity index (χ4n) is 1.58.